The van der Waals surface area contributed by atoms with Gasteiger partial charge in [-0.3, -0.25) is 4.90 Å². The summed E-state index contributed by atoms with van der Waals surface area (Å²) in [4.78, 5) is 1.29. The lowest BCUT2D eigenvalue weighted by molar-refractivity contribution is -0.199. The lowest BCUT2D eigenvalue weighted by Crippen LogP contribution is -2.52. The van der Waals surface area contributed by atoms with Crippen molar-refractivity contribution in [1.29, 1.82) is 0 Å². The summed E-state index contributed by atoms with van der Waals surface area (Å²) in [7, 11) is 0. The first-order valence-electron chi connectivity index (χ1n) is 5.80. The van der Waals surface area contributed by atoms with E-state index in [0.29, 0.717) is 13.0 Å². The van der Waals surface area contributed by atoms with E-state index in [1.807, 2.05) is 13.8 Å². The molecule has 2 heterocycles. The number of rotatable bonds is 3. The Morgan fingerprint density at radius 1 is 1.19 bits per heavy atom. The van der Waals surface area contributed by atoms with E-state index in [0.717, 1.165) is 0 Å². The third-order valence-electron chi connectivity index (χ3n) is 3.76. The molecule has 2 saturated heterocycles. The van der Waals surface area contributed by atoms with E-state index in [4.69, 9.17) is 0 Å². The third-order valence-corrected chi connectivity index (χ3v) is 3.76. The van der Waals surface area contributed by atoms with Crippen LogP contribution in [-0.4, -0.2) is 35.4 Å². The lowest BCUT2D eigenvalue weighted by Gasteiger charge is -2.38. The largest absolute Gasteiger partial charge is 0.326 e. The molecule has 2 rings (SSSR count). The highest BCUT2D eigenvalue weighted by Crippen LogP contribution is 2.55. The quantitative estimate of drug-likeness (QED) is 0.684. The number of hydrogen-bond acceptors (Lipinski definition) is 1. The maximum absolute atomic E-state index is 13.6. The molecule has 16 heavy (non-hydrogen) atoms. The summed E-state index contributed by atoms with van der Waals surface area (Å²) in [6.07, 6.45) is 0.928. The minimum atomic E-state index is -3.86. The zero-order valence-corrected chi connectivity index (χ0v) is 9.52. The molecule has 0 bridgehead atoms. The predicted octanol–water partition coefficient (Wildman–Crippen LogP) is 3.15. The van der Waals surface area contributed by atoms with Gasteiger partial charge in [0.15, 0.2) is 0 Å². The van der Waals surface area contributed by atoms with Gasteiger partial charge in [0.1, 0.15) is 0 Å². The van der Waals surface area contributed by atoms with Crippen molar-refractivity contribution in [3.05, 3.63) is 0 Å². The van der Waals surface area contributed by atoms with Crippen LogP contribution in [0.1, 0.15) is 33.1 Å². The molecule has 0 aliphatic carbocycles. The molecule has 1 nitrogen and oxygen atoms in total. The van der Waals surface area contributed by atoms with E-state index >= 15 is 0 Å². The number of hydrogen-bond donors (Lipinski definition) is 0. The van der Waals surface area contributed by atoms with E-state index in [9.17, 15) is 17.6 Å². The Morgan fingerprint density at radius 3 is 2.19 bits per heavy atom. The van der Waals surface area contributed by atoms with Crippen LogP contribution >= 0.6 is 0 Å². The van der Waals surface area contributed by atoms with E-state index < -0.39 is 23.9 Å². The molecule has 0 amide bonds. The first-order chi connectivity index (χ1) is 7.28. The number of halogens is 4. The average Bonchev–Trinajstić information content (AvgIpc) is 2.15. The molecule has 2 unspecified atom stereocenters. The Bertz CT molecular complexity index is 277. The molecular formula is C11H17F4N. The molecular weight excluding hydrogens is 222 g/mol. The molecule has 2 aliphatic heterocycles. The zero-order chi connectivity index (χ0) is 12.1. The lowest BCUT2D eigenvalue weighted by atomic mass is 9.98. The monoisotopic (exact) mass is 239 g/mol. The topological polar surface area (TPSA) is 3.24 Å². The van der Waals surface area contributed by atoms with Gasteiger partial charge in [-0.2, -0.15) is 17.6 Å². The summed E-state index contributed by atoms with van der Waals surface area (Å²) in [6.45, 7) is 4.22. The Morgan fingerprint density at radius 2 is 1.81 bits per heavy atom. The van der Waals surface area contributed by atoms with Crippen LogP contribution in [-0.2, 0) is 0 Å². The second-order valence-corrected chi connectivity index (χ2v) is 5.28. The van der Waals surface area contributed by atoms with E-state index in [1.54, 1.807) is 0 Å². The van der Waals surface area contributed by atoms with Gasteiger partial charge in [0.2, 0.25) is 0 Å². The van der Waals surface area contributed by atoms with Crippen LogP contribution < -0.4 is 0 Å². The van der Waals surface area contributed by atoms with Gasteiger partial charge in [0.25, 0.3) is 0 Å². The summed E-state index contributed by atoms with van der Waals surface area (Å²) >= 11 is 0. The summed E-state index contributed by atoms with van der Waals surface area (Å²) < 4.78 is 54.0. The minimum Gasteiger partial charge on any atom is -0.285 e. The fraction of sp³-hybridized carbons (Fsp3) is 1.00. The molecule has 2 fully saturated rings. The highest BCUT2D eigenvalue weighted by atomic mass is 19.3. The summed E-state index contributed by atoms with van der Waals surface area (Å²) in [5.41, 5.74) is 0. The number of alkyl halides is 4. The Hall–Kier alpha value is -0.320. The van der Waals surface area contributed by atoms with Crippen LogP contribution in [0.4, 0.5) is 17.6 Å². The molecule has 0 aromatic heterocycles. The highest BCUT2D eigenvalue weighted by Gasteiger charge is 2.75. The molecule has 0 N–H and O–H groups in total. The fourth-order valence-electron chi connectivity index (χ4n) is 2.66. The van der Waals surface area contributed by atoms with Crippen molar-refractivity contribution in [2.75, 3.05) is 6.54 Å². The maximum atomic E-state index is 13.6. The molecule has 0 radical (unpaired) electrons. The second-order valence-electron chi connectivity index (χ2n) is 5.28. The van der Waals surface area contributed by atoms with E-state index in [2.05, 4.69) is 0 Å². The van der Waals surface area contributed by atoms with Crippen molar-refractivity contribution in [2.24, 2.45) is 5.92 Å². The van der Waals surface area contributed by atoms with Gasteiger partial charge in [-0.25, -0.2) is 0 Å². The second kappa shape index (κ2) is 3.59. The molecule has 5 heteroatoms. The van der Waals surface area contributed by atoms with Crippen molar-refractivity contribution in [2.45, 2.75) is 57.0 Å². The Labute approximate surface area is 92.8 Å². The van der Waals surface area contributed by atoms with Crippen LogP contribution in [0, 0.1) is 5.92 Å². The predicted molar refractivity (Wildman–Crippen MR) is 52.9 cm³/mol. The van der Waals surface area contributed by atoms with Crippen molar-refractivity contribution in [3.63, 3.8) is 0 Å². The van der Waals surface area contributed by atoms with Crippen LogP contribution in [0.3, 0.4) is 0 Å². The van der Waals surface area contributed by atoms with Gasteiger partial charge in [0, 0.05) is 6.54 Å². The van der Waals surface area contributed by atoms with Gasteiger partial charge in [-0.05, 0) is 25.2 Å². The summed E-state index contributed by atoms with van der Waals surface area (Å²) in [5.74, 6) is -7.43. The van der Waals surface area contributed by atoms with Crippen molar-refractivity contribution in [1.82, 2.24) is 4.90 Å². The third kappa shape index (κ3) is 1.47. The van der Waals surface area contributed by atoms with Crippen molar-refractivity contribution in [3.8, 4) is 0 Å². The average molecular weight is 239 g/mol. The van der Waals surface area contributed by atoms with Crippen molar-refractivity contribution >= 4 is 0 Å². The van der Waals surface area contributed by atoms with Gasteiger partial charge < -0.3 is 0 Å². The molecule has 0 aromatic rings. The summed E-state index contributed by atoms with van der Waals surface area (Å²) in [6, 6.07) is -2.48. The van der Waals surface area contributed by atoms with E-state index in [-0.39, 0.29) is 18.8 Å². The van der Waals surface area contributed by atoms with Gasteiger partial charge >= 0.3 is 11.8 Å². The zero-order valence-electron chi connectivity index (χ0n) is 9.52. The highest BCUT2D eigenvalue weighted by molar-refractivity contribution is 5.15. The normalized spacial score (nSPS) is 36.2. The standard InChI is InChI=1S/C11H17F4N/c1-7(2)3-4-8-10(12,13)11(14,15)9-5-6-16(8)9/h7-9H,3-6H2,1-2H3. The molecule has 0 aromatic carbocycles. The minimum absolute atomic E-state index is 0.163. The first-order valence-corrected chi connectivity index (χ1v) is 5.80. The van der Waals surface area contributed by atoms with Gasteiger partial charge in [-0.1, -0.05) is 13.8 Å². The van der Waals surface area contributed by atoms with Crippen LogP contribution in [0.2, 0.25) is 0 Å². The molecule has 2 atom stereocenters. The number of fused-ring (bicyclic) bond motifs is 1. The van der Waals surface area contributed by atoms with Gasteiger partial charge in [-0.15, -0.1) is 0 Å². The van der Waals surface area contributed by atoms with Crippen molar-refractivity contribution < 1.29 is 17.6 Å². The fourth-order valence-corrected chi connectivity index (χ4v) is 2.66. The van der Waals surface area contributed by atoms with Crippen LogP contribution in [0.5, 0.6) is 0 Å². The van der Waals surface area contributed by atoms with Crippen LogP contribution in [0.15, 0.2) is 0 Å². The van der Waals surface area contributed by atoms with E-state index in [1.165, 1.54) is 4.90 Å². The Balaban J connectivity index is 2.13. The molecule has 0 spiro atoms. The summed E-state index contributed by atoms with van der Waals surface area (Å²) in [5, 5.41) is 0. The molecule has 94 valence electrons. The number of nitrogens with zero attached hydrogens (tertiary/aromatic N) is 1. The first kappa shape index (κ1) is 12.1. The van der Waals surface area contributed by atoms with Gasteiger partial charge in [0.05, 0.1) is 12.1 Å². The smallest absolute Gasteiger partial charge is 0.285 e. The SMILES string of the molecule is CC(C)CCC1N2CCC2C(F)(F)C1(F)F. The van der Waals surface area contributed by atoms with Crippen LogP contribution in [0.25, 0.3) is 0 Å². The Kier molecular flexibility index (Phi) is 2.72. The maximum Gasteiger partial charge on any atom is 0.326 e. The molecule has 0 saturated carbocycles. The molecule has 2 aliphatic rings.